The number of halogens is 2. The van der Waals surface area contributed by atoms with Crippen LogP contribution in [0.15, 0.2) is 150 Å². The van der Waals surface area contributed by atoms with Gasteiger partial charge >= 0.3 is 0 Å². The number of nitrogens with zero attached hydrogens (tertiary/aromatic N) is 2. The minimum absolute atomic E-state index is 0.694. The fourth-order valence-electron chi connectivity index (χ4n) is 5.18. The van der Waals surface area contributed by atoms with Gasteiger partial charge in [0.15, 0.2) is 0 Å². The normalized spacial score (nSPS) is 11.4. The van der Waals surface area contributed by atoms with Gasteiger partial charge in [-0.15, -0.1) is 0 Å². The van der Waals surface area contributed by atoms with Crippen molar-refractivity contribution in [3.8, 4) is 22.5 Å². The smallest absolute Gasteiger partial charge is 0.138 e. The van der Waals surface area contributed by atoms with Crippen molar-refractivity contribution in [2.24, 2.45) is 0 Å². The molecule has 0 fully saturated rings. The van der Waals surface area contributed by atoms with Crippen molar-refractivity contribution in [1.29, 1.82) is 0 Å². The Morgan fingerprint density at radius 3 is 1.39 bits per heavy atom. The van der Waals surface area contributed by atoms with Gasteiger partial charge < -0.3 is 0 Å². The quantitative estimate of drug-likeness (QED) is 0.181. The first-order chi connectivity index (χ1) is 18.7. The van der Waals surface area contributed by atoms with Crippen LogP contribution in [-0.4, -0.2) is 9.78 Å². The van der Waals surface area contributed by atoms with Crippen molar-refractivity contribution in [3.05, 3.63) is 172 Å². The summed E-state index contributed by atoms with van der Waals surface area (Å²) >= 11 is 10.3. The highest BCUT2D eigenvalue weighted by Gasteiger charge is 2.42. The molecule has 0 atom stereocenters. The Morgan fingerprint density at radius 2 is 0.947 bits per heavy atom. The van der Waals surface area contributed by atoms with E-state index in [4.69, 9.17) is 16.7 Å². The molecule has 0 aliphatic heterocycles. The maximum Gasteiger partial charge on any atom is 0.138 e. The second-order valence-electron chi connectivity index (χ2n) is 9.10. The van der Waals surface area contributed by atoms with Crippen LogP contribution in [0.4, 0.5) is 0 Å². The lowest BCUT2D eigenvalue weighted by molar-refractivity contribution is 0.466. The molecule has 0 aliphatic rings. The largest absolute Gasteiger partial charge is 0.243 e. The van der Waals surface area contributed by atoms with E-state index in [0.717, 1.165) is 43.7 Å². The maximum atomic E-state index is 6.32. The van der Waals surface area contributed by atoms with Crippen LogP contribution in [0.1, 0.15) is 16.7 Å². The van der Waals surface area contributed by atoms with Gasteiger partial charge in [0, 0.05) is 16.1 Å². The van der Waals surface area contributed by atoms with Crippen LogP contribution in [0, 0.1) is 0 Å². The SMILES string of the molecule is Clc1ccc(-c2c(Br)c(-c3ccccc3)nn2C(c2ccccc2)(c2ccccc2)c2ccccc2)cc1. The summed E-state index contributed by atoms with van der Waals surface area (Å²) in [5, 5.41) is 6.11. The molecule has 6 aromatic rings. The summed E-state index contributed by atoms with van der Waals surface area (Å²) in [5.74, 6) is 0. The molecule has 0 amide bonds. The first kappa shape index (κ1) is 24.4. The summed E-state index contributed by atoms with van der Waals surface area (Å²) in [4.78, 5) is 0. The Labute approximate surface area is 236 Å². The van der Waals surface area contributed by atoms with Crippen molar-refractivity contribution in [2.75, 3.05) is 0 Å². The average Bonchev–Trinajstić information content (AvgIpc) is 3.33. The van der Waals surface area contributed by atoms with Gasteiger partial charge in [0.25, 0.3) is 0 Å². The van der Waals surface area contributed by atoms with E-state index >= 15 is 0 Å². The standard InChI is InChI=1S/C34H24BrClN2/c35-31-32(25-13-5-1-6-14-25)37-38(33(31)26-21-23-30(36)24-22-26)34(27-15-7-2-8-16-27,28-17-9-3-10-18-28)29-19-11-4-12-20-29/h1-24H. The lowest BCUT2D eigenvalue weighted by Gasteiger charge is -2.37. The maximum absolute atomic E-state index is 6.32. The Bertz CT molecular complexity index is 1550. The predicted molar refractivity (Wildman–Crippen MR) is 160 cm³/mol. The van der Waals surface area contributed by atoms with Crippen LogP contribution in [0.3, 0.4) is 0 Å². The molecule has 0 saturated heterocycles. The molecule has 5 aromatic carbocycles. The van der Waals surface area contributed by atoms with E-state index < -0.39 is 5.54 Å². The Balaban J connectivity index is 1.80. The molecule has 0 saturated carbocycles. The van der Waals surface area contributed by atoms with E-state index in [1.807, 2.05) is 30.3 Å². The summed E-state index contributed by atoms with van der Waals surface area (Å²) in [6.45, 7) is 0. The highest BCUT2D eigenvalue weighted by atomic mass is 79.9. The highest BCUT2D eigenvalue weighted by molar-refractivity contribution is 9.10. The minimum atomic E-state index is -0.756. The van der Waals surface area contributed by atoms with Gasteiger partial charge in [-0.05, 0) is 44.8 Å². The fraction of sp³-hybridized carbons (Fsp3) is 0.0294. The van der Waals surface area contributed by atoms with Gasteiger partial charge in [0.1, 0.15) is 11.2 Å². The van der Waals surface area contributed by atoms with E-state index in [9.17, 15) is 0 Å². The van der Waals surface area contributed by atoms with E-state index in [1.54, 1.807) is 0 Å². The minimum Gasteiger partial charge on any atom is -0.243 e. The van der Waals surface area contributed by atoms with Crippen LogP contribution in [0.25, 0.3) is 22.5 Å². The molecule has 0 N–H and O–H groups in total. The molecule has 0 aliphatic carbocycles. The number of aromatic nitrogens is 2. The molecule has 1 heterocycles. The first-order valence-corrected chi connectivity index (χ1v) is 13.6. The second kappa shape index (κ2) is 10.4. The third-order valence-corrected chi connectivity index (χ3v) is 7.89. The zero-order valence-corrected chi connectivity index (χ0v) is 22.8. The zero-order valence-electron chi connectivity index (χ0n) is 20.5. The third kappa shape index (κ3) is 4.18. The molecule has 4 heteroatoms. The Kier molecular flexibility index (Phi) is 6.71. The van der Waals surface area contributed by atoms with Crippen molar-refractivity contribution in [2.45, 2.75) is 5.54 Å². The van der Waals surface area contributed by atoms with E-state index in [0.29, 0.717) is 5.02 Å². The highest BCUT2D eigenvalue weighted by Crippen LogP contribution is 2.47. The summed E-state index contributed by atoms with van der Waals surface area (Å²) in [6, 6.07) is 50.1. The Hall–Kier alpha value is -3.92. The summed E-state index contributed by atoms with van der Waals surface area (Å²) in [7, 11) is 0. The van der Waals surface area contributed by atoms with Crippen molar-refractivity contribution >= 4 is 27.5 Å². The second-order valence-corrected chi connectivity index (χ2v) is 10.3. The molecule has 184 valence electrons. The van der Waals surface area contributed by atoms with E-state index in [1.165, 1.54) is 0 Å². The molecule has 6 rings (SSSR count). The number of hydrogen-bond donors (Lipinski definition) is 0. The molecule has 0 radical (unpaired) electrons. The molecule has 1 aromatic heterocycles. The number of rotatable bonds is 6. The van der Waals surface area contributed by atoms with Crippen LogP contribution in [0.2, 0.25) is 5.02 Å². The first-order valence-electron chi connectivity index (χ1n) is 12.5. The van der Waals surface area contributed by atoms with Crippen molar-refractivity contribution in [3.63, 3.8) is 0 Å². The molecule has 0 bridgehead atoms. The third-order valence-electron chi connectivity index (χ3n) is 6.88. The van der Waals surface area contributed by atoms with Gasteiger partial charge in [-0.1, -0.05) is 145 Å². The van der Waals surface area contributed by atoms with Gasteiger partial charge in [0.05, 0.1) is 10.2 Å². The van der Waals surface area contributed by atoms with Gasteiger partial charge in [-0.25, -0.2) is 4.68 Å². The summed E-state index contributed by atoms with van der Waals surface area (Å²) in [5.41, 5.74) is 6.49. The van der Waals surface area contributed by atoms with Gasteiger partial charge in [-0.3, -0.25) is 0 Å². The Morgan fingerprint density at radius 1 is 0.526 bits per heavy atom. The van der Waals surface area contributed by atoms with Crippen molar-refractivity contribution < 1.29 is 0 Å². The van der Waals surface area contributed by atoms with Crippen LogP contribution in [0.5, 0.6) is 0 Å². The fourth-order valence-corrected chi connectivity index (χ4v) is 6.01. The van der Waals surface area contributed by atoms with Gasteiger partial charge in [0.2, 0.25) is 0 Å². The molecular weight excluding hydrogens is 552 g/mol. The molecule has 2 nitrogen and oxygen atoms in total. The van der Waals surface area contributed by atoms with Crippen LogP contribution >= 0.6 is 27.5 Å². The molecule has 0 spiro atoms. The molecule has 38 heavy (non-hydrogen) atoms. The number of benzene rings is 5. The monoisotopic (exact) mass is 574 g/mol. The molecule has 0 unspecified atom stereocenters. The van der Waals surface area contributed by atoms with Gasteiger partial charge in [-0.2, -0.15) is 5.10 Å². The lowest BCUT2D eigenvalue weighted by Crippen LogP contribution is -2.39. The molecular formula is C34H24BrClN2. The van der Waals surface area contributed by atoms with Crippen molar-refractivity contribution in [1.82, 2.24) is 9.78 Å². The van der Waals surface area contributed by atoms with E-state index in [2.05, 4.69) is 136 Å². The van der Waals surface area contributed by atoms with Crippen LogP contribution < -0.4 is 0 Å². The zero-order chi connectivity index (χ0) is 26.0. The summed E-state index contributed by atoms with van der Waals surface area (Å²) < 4.78 is 3.11. The van der Waals surface area contributed by atoms with Crippen LogP contribution in [-0.2, 0) is 5.54 Å². The number of hydrogen-bond acceptors (Lipinski definition) is 1. The topological polar surface area (TPSA) is 17.8 Å². The average molecular weight is 576 g/mol. The lowest BCUT2D eigenvalue weighted by atomic mass is 9.76. The van der Waals surface area contributed by atoms with E-state index in [-0.39, 0.29) is 0 Å². The predicted octanol–water partition coefficient (Wildman–Crippen LogP) is 9.47. The summed E-state index contributed by atoms with van der Waals surface area (Å²) in [6.07, 6.45) is 0.